The maximum absolute atomic E-state index is 11.6. The lowest BCUT2D eigenvalue weighted by Gasteiger charge is -2.18. The van der Waals surface area contributed by atoms with Crippen LogP contribution in [0, 0.1) is 11.8 Å². The zero-order chi connectivity index (χ0) is 9.10. The number of carbonyl (C=O) groups is 1. The second-order valence-electron chi connectivity index (χ2n) is 4.02. The van der Waals surface area contributed by atoms with E-state index in [9.17, 15) is 4.79 Å². The summed E-state index contributed by atoms with van der Waals surface area (Å²) in [5, 5.41) is 2.98. The number of nitrogens with one attached hydrogen (secondary N) is 1. The molecule has 2 aliphatic heterocycles. The summed E-state index contributed by atoms with van der Waals surface area (Å²) in [7, 11) is 0. The summed E-state index contributed by atoms with van der Waals surface area (Å²) in [5.41, 5.74) is 0. The van der Waals surface area contributed by atoms with Crippen LogP contribution in [0.25, 0.3) is 0 Å². The van der Waals surface area contributed by atoms with Crippen molar-refractivity contribution in [2.45, 2.75) is 25.7 Å². The lowest BCUT2D eigenvalue weighted by atomic mass is 9.87. The van der Waals surface area contributed by atoms with Crippen LogP contribution in [0.1, 0.15) is 25.7 Å². The molecule has 0 spiro atoms. The van der Waals surface area contributed by atoms with Gasteiger partial charge in [0.1, 0.15) is 0 Å². The maximum atomic E-state index is 11.6. The number of ether oxygens (including phenoxy) is 1. The van der Waals surface area contributed by atoms with Gasteiger partial charge in [0, 0.05) is 19.1 Å². The van der Waals surface area contributed by atoms with E-state index in [0.29, 0.717) is 5.92 Å². The van der Waals surface area contributed by atoms with E-state index in [2.05, 4.69) is 5.32 Å². The van der Waals surface area contributed by atoms with Crippen molar-refractivity contribution in [3.8, 4) is 0 Å². The Morgan fingerprint density at radius 2 is 2.23 bits per heavy atom. The van der Waals surface area contributed by atoms with Gasteiger partial charge in [-0.3, -0.25) is 4.79 Å². The molecule has 2 atom stereocenters. The average molecular weight is 183 g/mol. The van der Waals surface area contributed by atoms with Gasteiger partial charge < -0.3 is 10.1 Å². The smallest absolute Gasteiger partial charge is 0.223 e. The van der Waals surface area contributed by atoms with Gasteiger partial charge in [-0.1, -0.05) is 6.42 Å². The fourth-order valence-electron chi connectivity index (χ4n) is 2.28. The van der Waals surface area contributed by atoms with Gasteiger partial charge in [-0.2, -0.15) is 0 Å². The number of hydrogen-bond acceptors (Lipinski definition) is 2. The summed E-state index contributed by atoms with van der Waals surface area (Å²) in [6, 6.07) is 0. The first-order valence-corrected chi connectivity index (χ1v) is 5.23. The molecule has 0 aromatic rings. The van der Waals surface area contributed by atoms with E-state index in [-0.39, 0.29) is 11.8 Å². The molecule has 2 unspecified atom stereocenters. The highest BCUT2D eigenvalue weighted by molar-refractivity contribution is 5.79. The molecule has 2 heterocycles. The normalized spacial score (nSPS) is 35.5. The van der Waals surface area contributed by atoms with Crippen LogP contribution in [0.4, 0.5) is 0 Å². The van der Waals surface area contributed by atoms with Crippen LogP contribution in [0.5, 0.6) is 0 Å². The first kappa shape index (κ1) is 9.00. The van der Waals surface area contributed by atoms with Gasteiger partial charge in [-0.25, -0.2) is 0 Å². The Bertz CT molecular complexity index is 187. The highest BCUT2D eigenvalue weighted by atomic mass is 16.5. The van der Waals surface area contributed by atoms with Crippen LogP contribution >= 0.6 is 0 Å². The Kier molecular flexibility index (Phi) is 2.83. The molecular weight excluding hydrogens is 166 g/mol. The van der Waals surface area contributed by atoms with E-state index in [1.54, 1.807) is 0 Å². The Hall–Kier alpha value is -0.570. The maximum Gasteiger partial charge on any atom is 0.223 e. The topological polar surface area (TPSA) is 38.3 Å². The summed E-state index contributed by atoms with van der Waals surface area (Å²) in [5.74, 6) is 0.969. The molecule has 13 heavy (non-hydrogen) atoms. The third-order valence-electron chi connectivity index (χ3n) is 3.11. The summed E-state index contributed by atoms with van der Waals surface area (Å²) < 4.78 is 5.32. The van der Waals surface area contributed by atoms with Crippen molar-refractivity contribution in [3.63, 3.8) is 0 Å². The van der Waals surface area contributed by atoms with Gasteiger partial charge in [-0.05, 0) is 25.2 Å². The number of carbonyl (C=O) groups excluding carboxylic acids is 1. The van der Waals surface area contributed by atoms with Gasteiger partial charge in [0.15, 0.2) is 0 Å². The second-order valence-corrected chi connectivity index (χ2v) is 4.02. The molecule has 0 aromatic carbocycles. The molecular formula is C10H17NO2. The molecule has 0 bridgehead atoms. The minimum Gasteiger partial charge on any atom is -0.381 e. The van der Waals surface area contributed by atoms with Gasteiger partial charge >= 0.3 is 0 Å². The van der Waals surface area contributed by atoms with Gasteiger partial charge in [0.2, 0.25) is 5.91 Å². The summed E-state index contributed by atoms with van der Waals surface area (Å²) in [4.78, 5) is 11.6. The minimum atomic E-state index is 0.227. The van der Waals surface area contributed by atoms with Crippen molar-refractivity contribution in [1.29, 1.82) is 0 Å². The lowest BCUT2D eigenvalue weighted by molar-refractivity contribution is -0.126. The summed E-state index contributed by atoms with van der Waals surface area (Å²) in [6.07, 6.45) is 4.44. The van der Waals surface area contributed by atoms with Gasteiger partial charge in [-0.15, -0.1) is 0 Å². The number of rotatable bonds is 1. The first-order chi connectivity index (χ1) is 6.38. The van der Waals surface area contributed by atoms with E-state index < -0.39 is 0 Å². The third-order valence-corrected chi connectivity index (χ3v) is 3.11. The number of amides is 1. The van der Waals surface area contributed by atoms with Gasteiger partial charge in [0.25, 0.3) is 0 Å². The van der Waals surface area contributed by atoms with Crippen molar-refractivity contribution in [2.75, 3.05) is 19.8 Å². The molecule has 0 aliphatic carbocycles. The SMILES string of the molecule is O=C1NCCCCC1C1CCOC1. The van der Waals surface area contributed by atoms with Crippen LogP contribution in [0.2, 0.25) is 0 Å². The summed E-state index contributed by atoms with van der Waals surface area (Å²) >= 11 is 0. The quantitative estimate of drug-likeness (QED) is 0.657. The van der Waals surface area contributed by atoms with Crippen LogP contribution in [-0.2, 0) is 9.53 Å². The first-order valence-electron chi connectivity index (χ1n) is 5.23. The fourth-order valence-corrected chi connectivity index (χ4v) is 2.28. The third kappa shape index (κ3) is 2.02. The number of hydrogen-bond donors (Lipinski definition) is 1. The summed E-state index contributed by atoms with van der Waals surface area (Å²) in [6.45, 7) is 2.50. The Labute approximate surface area is 78.8 Å². The monoisotopic (exact) mass is 183 g/mol. The van der Waals surface area contributed by atoms with E-state index in [4.69, 9.17) is 4.74 Å². The zero-order valence-electron chi connectivity index (χ0n) is 7.92. The van der Waals surface area contributed by atoms with Gasteiger partial charge in [0.05, 0.1) is 6.61 Å². The standard InChI is InChI=1S/C10H17NO2/c12-10-9(3-1-2-5-11-10)8-4-6-13-7-8/h8-9H,1-7H2,(H,11,12). The minimum absolute atomic E-state index is 0.227. The molecule has 0 aromatic heterocycles. The van der Waals surface area contributed by atoms with E-state index in [0.717, 1.165) is 39.0 Å². The molecule has 1 amide bonds. The molecule has 74 valence electrons. The molecule has 0 radical (unpaired) electrons. The second kappa shape index (κ2) is 4.09. The van der Waals surface area contributed by atoms with E-state index in [1.165, 1.54) is 6.42 Å². The predicted molar refractivity (Wildman–Crippen MR) is 49.3 cm³/mol. The van der Waals surface area contributed by atoms with Crippen LogP contribution < -0.4 is 5.32 Å². The highest BCUT2D eigenvalue weighted by Gasteiger charge is 2.31. The molecule has 1 N–H and O–H groups in total. The van der Waals surface area contributed by atoms with Crippen LogP contribution in [0.15, 0.2) is 0 Å². The average Bonchev–Trinajstić information content (AvgIpc) is 2.56. The van der Waals surface area contributed by atoms with Crippen molar-refractivity contribution in [3.05, 3.63) is 0 Å². The van der Waals surface area contributed by atoms with Crippen LogP contribution in [-0.4, -0.2) is 25.7 Å². The Balaban J connectivity index is 1.97. The molecule has 2 rings (SSSR count). The molecule has 2 fully saturated rings. The van der Waals surface area contributed by atoms with E-state index >= 15 is 0 Å². The fraction of sp³-hybridized carbons (Fsp3) is 0.900. The predicted octanol–water partition coefficient (Wildman–Crippen LogP) is 0.939. The molecule has 2 aliphatic rings. The van der Waals surface area contributed by atoms with Crippen molar-refractivity contribution >= 4 is 5.91 Å². The Morgan fingerprint density at radius 1 is 1.31 bits per heavy atom. The van der Waals surface area contributed by atoms with Crippen molar-refractivity contribution in [1.82, 2.24) is 5.32 Å². The Morgan fingerprint density at radius 3 is 3.00 bits per heavy atom. The van der Waals surface area contributed by atoms with Crippen molar-refractivity contribution < 1.29 is 9.53 Å². The molecule has 3 nitrogen and oxygen atoms in total. The van der Waals surface area contributed by atoms with Crippen LogP contribution in [0.3, 0.4) is 0 Å². The largest absolute Gasteiger partial charge is 0.381 e. The molecule has 0 saturated carbocycles. The zero-order valence-corrected chi connectivity index (χ0v) is 7.92. The molecule has 2 saturated heterocycles. The van der Waals surface area contributed by atoms with Crippen molar-refractivity contribution in [2.24, 2.45) is 11.8 Å². The lowest BCUT2D eigenvalue weighted by Crippen LogP contribution is -2.33. The highest BCUT2D eigenvalue weighted by Crippen LogP contribution is 2.27. The van der Waals surface area contributed by atoms with E-state index in [1.807, 2.05) is 0 Å². The molecule has 3 heteroatoms.